The third-order valence-corrected chi connectivity index (χ3v) is 1.77. The van der Waals surface area contributed by atoms with Crippen LogP contribution in [0.4, 0.5) is 0 Å². The summed E-state index contributed by atoms with van der Waals surface area (Å²) in [5.41, 5.74) is 3.51. The first-order chi connectivity index (χ1) is 3.81. The third kappa shape index (κ3) is 4.24. The second-order valence-electron chi connectivity index (χ2n) is 1.16. The van der Waals surface area contributed by atoms with Gasteiger partial charge in [-0.05, 0) is 4.91 Å². The Labute approximate surface area is 58.6 Å². The van der Waals surface area contributed by atoms with E-state index in [0.717, 1.165) is 4.91 Å². The van der Waals surface area contributed by atoms with Crippen molar-refractivity contribution in [3.05, 3.63) is 23.1 Å². The summed E-state index contributed by atoms with van der Waals surface area (Å²) in [5, 5.41) is 1.85. The number of quaternary nitrogens is 1. The molecule has 0 spiro atoms. The molecule has 0 aromatic rings. The molecule has 0 saturated heterocycles. The summed E-state index contributed by atoms with van der Waals surface area (Å²) in [5.74, 6) is 0.509. The van der Waals surface area contributed by atoms with E-state index in [9.17, 15) is 0 Å². The molecule has 0 aromatic heterocycles. The van der Waals surface area contributed by atoms with E-state index >= 15 is 0 Å². The van der Waals surface area contributed by atoms with Crippen LogP contribution in [0.2, 0.25) is 0 Å². The molecule has 0 unspecified atom stereocenters. The predicted molar refractivity (Wildman–Crippen MR) is 39.5 cm³/mol. The highest BCUT2D eigenvalue weighted by molar-refractivity contribution is 8.05. The molecule has 0 fully saturated rings. The van der Waals surface area contributed by atoms with Crippen LogP contribution < -0.4 is 5.73 Å². The summed E-state index contributed by atoms with van der Waals surface area (Å²) in [4.78, 5) is 0.951. The molecule has 3 N–H and O–H groups in total. The molecule has 1 nitrogen and oxygen atoms in total. The maximum atomic E-state index is 5.41. The fourth-order valence-electron chi connectivity index (χ4n) is 0.176. The molecule has 0 rings (SSSR count). The lowest BCUT2D eigenvalue weighted by atomic mass is 10.7. The summed E-state index contributed by atoms with van der Waals surface area (Å²) in [6.07, 6.45) is 1.71. The molecule has 0 aliphatic carbocycles. The Bertz CT molecular complexity index is 101. The fourth-order valence-corrected chi connectivity index (χ4v) is 0.716. The first-order valence-corrected chi connectivity index (χ1v) is 3.57. The van der Waals surface area contributed by atoms with Crippen LogP contribution in [0.5, 0.6) is 0 Å². The Kier molecular flexibility index (Phi) is 5.27. The van der Waals surface area contributed by atoms with Gasteiger partial charge in [0.1, 0.15) is 0 Å². The van der Waals surface area contributed by atoms with E-state index in [1.54, 1.807) is 6.20 Å². The van der Waals surface area contributed by atoms with Crippen molar-refractivity contribution in [3.63, 3.8) is 0 Å². The molecule has 0 aliphatic rings. The quantitative estimate of drug-likeness (QED) is 0.602. The number of halogens is 1. The van der Waals surface area contributed by atoms with Crippen molar-refractivity contribution in [1.29, 1.82) is 0 Å². The predicted octanol–water partition coefficient (Wildman–Crippen LogP) is 1.19. The van der Waals surface area contributed by atoms with Crippen molar-refractivity contribution in [3.8, 4) is 0 Å². The van der Waals surface area contributed by atoms with Crippen LogP contribution in [0.15, 0.2) is 23.1 Å². The largest absolute Gasteiger partial charge is 0.331 e. The summed E-state index contributed by atoms with van der Waals surface area (Å²) in [6, 6.07) is 0. The van der Waals surface area contributed by atoms with Crippen molar-refractivity contribution < 1.29 is 5.73 Å². The molecule has 0 radical (unpaired) electrons. The van der Waals surface area contributed by atoms with Crippen LogP contribution in [0.1, 0.15) is 0 Å². The van der Waals surface area contributed by atoms with Gasteiger partial charge in [0.25, 0.3) is 0 Å². The molecule has 0 saturated carbocycles. The summed E-state index contributed by atoms with van der Waals surface area (Å²) >= 11 is 6.92. The molecular weight excluding hydrogens is 142 g/mol. The average Bonchev–Trinajstić information content (AvgIpc) is 1.83. The van der Waals surface area contributed by atoms with Gasteiger partial charge in [0.05, 0.1) is 12.1 Å². The molecule has 0 aliphatic heterocycles. The number of alkyl halides is 1. The van der Waals surface area contributed by atoms with Gasteiger partial charge in [-0.25, -0.2) is 0 Å². The van der Waals surface area contributed by atoms with Crippen LogP contribution in [-0.4, -0.2) is 5.88 Å². The van der Waals surface area contributed by atoms with Crippen LogP contribution in [-0.2, 0) is 0 Å². The van der Waals surface area contributed by atoms with Crippen molar-refractivity contribution >= 4 is 23.4 Å². The molecule has 0 amide bonds. The normalized spacial score (nSPS) is 10.2. The SMILES string of the molecule is C=C(CCl)SC=C[NH3+]. The van der Waals surface area contributed by atoms with Gasteiger partial charge in [-0.2, -0.15) is 0 Å². The number of hydrogen-bond acceptors (Lipinski definition) is 1. The van der Waals surface area contributed by atoms with E-state index in [1.807, 2.05) is 5.41 Å². The number of allylic oxidation sites excluding steroid dienone is 1. The highest BCUT2D eigenvalue weighted by Gasteiger charge is 1.85. The lowest BCUT2D eigenvalue weighted by Crippen LogP contribution is -2.38. The Morgan fingerprint density at radius 3 is 2.88 bits per heavy atom. The van der Waals surface area contributed by atoms with E-state index in [1.165, 1.54) is 11.8 Å². The fraction of sp³-hybridized carbons (Fsp3) is 0.200. The zero-order valence-electron chi connectivity index (χ0n) is 4.56. The van der Waals surface area contributed by atoms with E-state index in [0.29, 0.717) is 5.88 Å². The van der Waals surface area contributed by atoms with Gasteiger partial charge in [-0.1, -0.05) is 18.3 Å². The number of thioether (sulfide) groups is 1. The van der Waals surface area contributed by atoms with Crippen molar-refractivity contribution in [1.82, 2.24) is 0 Å². The number of rotatable bonds is 3. The Balaban J connectivity index is 3.25. The average molecular weight is 151 g/mol. The highest BCUT2D eigenvalue weighted by atomic mass is 35.5. The van der Waals surface area contributed by atoms with Gasteiger partial charge in [-0.3, -0.25) is 0 Å². The Hall–Kier alpha value is 0.0800. The summed E-state index contributed by atoms with van der Waals surface area (Å²) < 4.78 is 0. The van der Waals surface area contributed by atoms with Gasteiger partial charge >= 0.3 is 0 Å². The van der Waals surface area contributed by atoms with E-state index < -0.39 is 0 Å². The minimum Gasteiger partial charge on any atom is -0.331 e. The van der Waals surface area contributed by atoms with Crippen LogP contribution >= 0.6 is 23.4 Å². The minimum absolute atomic E-state index is 0.509. The van der Waals surface area contributed by atoms with Crippen LogP contribution in [0.3, 0.4) is 0 Å². The van der Waals surface area contributed by atoms with Crippen molar-refractivity contribution in [2.24, 2.45) is 0 Å². The van der Waals surface area contributed by atoms with Gasteiger partial charge in [0, 0.05) is 5.41 Å². The standard InChI is InChI=1S/C5H8ClNS/c1-5(4-6)8-3-2-7/h2-3H,1,4,7H2/p+1. The Morgan fingerprint density at radius 1 is 1.88 bits per heavy atom. The summed E-state index contributed by atoms with van der Waals surface area (Å²) in [7, 11) is 0. The smallest absolute Gasteiger partial charge is 0.0976 e. The van der Waals surface area contributed by atoms with Crippen molar-refractivity contribution in [2.45, 2.75) is 0 Å². The second kappa shape index (κ2) is 5.22. The highest BCUT2D eigenvalue weighted by Crippen LogP contribution is 2.14. The van der Waals surface area contributed by atoms with E-state index in [4.69, 9.17) is 11.6 Å². The van der Waals surface area contributed by atoms with Crippen molar-refractivity contribution in [2.75, 3.05) is 5.88 Å². The maximum Gasteiger partial charge on any atom is 0.0976 e. The lowest BCUT2D eigenvalue weighted by molar-refractivity contribution is -0.274. The summed E-state index contributed by atoms with van der Waals surface area (Å²) in [6.45, 7) is 3.66. The molecule has 0 atom stereocenters. The second-order valence-corrected chi connectivity index (χ2v) is 2.51. The van der Waals surface area contributed by atoms with E-state index in [2.05, 4.69) is 12.3 Å². The molecule has 0 aromatic carbocycles. The van der Waals surface area contributed by atoms with E-state index in [-0.39, 0.29) is 0 Å². The molecular formula is C5H9ClNS+. The topological polar surface area (TPSA) is 27.6 Å². The maximum absolute atomic E-state index is 5.41. The zero-order chi connectivity index (χ0) is 6.41. The van der Waals surface area contributed by atoms with Gasteiger partial charge in [-0.15, -0.1) is 11.6 Å². The Morgan fingerprint density at radius 2 is 2.50 bits per heavy atom. The molecule has 0 bridgehead atoms. The van der Waals surface area contributed by atoms with Gasteiger partial charge in [0.2, 0.25) is 0 Å². The molecule has 0 heterocycles. The van der Waals surface area contributed by atoms with Crippen LogP contribution in [0.25, 0.3) is 0 Å². The van der Waals surface area contributed by atoms with Gasteiger partial charge in [0.15, 0.2) is 0 Å². The molecule has 8 heavy (non-hydrogen) atoms. The minimum atomic E-state index is 0.509. The lowest BCUT2D eigenvalue weighted by Gasteiger charge is -1.89. The van der Waals surface area contributed by atoms with Crippen LogP contribution in [0, 0.1) is 0 Å². The van der Waals surface area contributed by atoms with Gasteiger partial charge < -0.3 is 5.73 Å². The third-order valence-electron chi connectivity index (χ3n) is 0.480. The monoisotopic (exact) mass is 150 g/mol. The first kappa shape index (κ1) is 8.08. The first-order valence-electron chi connectivity index (χ1n) is 2.16. The molecule has 3 heteroatoms. The molecule has 46 valence electrons. The zero-order valence-corrected chi connectivity index (χ0v) is 6.13. The number of hydrogen-bond donors (Lipinski definition) is 1.